The molecule has 0 aromatic carbocycles. The molecule has 0 radical (unpaired) electrons. The molecule has 0 bridgehead atoms. The molecule has 66 valence electrons. The van der Waals surface area contributed by atoms with Gasteiger partial charge in [-0.1, -0.05) is 11.6 Å². The summed E-state index contributed by atoms with van der Waals surface area (Å²) in [7, 11) is 0. The van der Waals surface area contributed by atoms with Crippen LogP contribution in [0.25, 0.3) is 0 Å². The number of ketones is 1. The van der Waals surface area contributed by atoms with Crippen molar-refractivity contribution in [1.29, 1.82) is 0 Å². The molecule has 0 aliphatic rings. The second-order valence-corrected chi connectivity index (χ2v) is 5.64. The van der Waals surface area contributed by atoms with Crippen molar-refractivity contribution in [3.63, 3.8) is 0 Å². The van der Waals surface area contributed by atoms with Gasteiger partial charge < -0.3 is 0 Å². The summed E-state index contributed by atoms with van der Waals surface area (Å²) in [5.74, 6) is -0.0886. The first-order valence-electron chi connectivity index (χ1n) is 3.15. The standard InChI is InChI=1S/C7H5BrCl2OS/c1-3(9)6(11)5-2-4(10)7(8)12-5/h2-3H,1H3. The fraction of sp³-hybridized carbons (Fsp3) is 0.286. The summed E-state index contributed by atoms with van der Waals surface area (Å²) in [6, 6.07) is 1.62. The number of halogens is 3. The first-order valence-corrected chi connectivity index (χ1v) is 5.58. The molecule has 0 spiro atoms. The fourth-order valence-electron chi connectivity index (χ4n) is 0.664. The summed E-state index contributed by atoms with van der Waals surface area (Å²) in [6.07, 6.45) is 0. The number of carbonyl (C=O) groups excluding carboxylic acids is 1. The number of Topliss-reactive ketones (excluding diaryl/α,β-unsaturated/α-hetero) is 1. The van der Waals surface area contributed by atoms with Gasteiger partial charge in [0.25, 0.3) is 0 Å². The molecular weight excluding hydrogens is 283 g/mol. The van der Waals surface area contributed by atoms with E-state index in [1.54, 1.807) is 13.0 Å². The van der Waals surface area contributed by atoms with Crippen molar-refractivity contribution in [2.24, 2.45) is 0 Å². The van der Waals surface area contributed by atoms with E-state index in [1.807, 2.05) is 0 Å². The van der Waals surface area contributed by atoms with Crippen LogP contribution in [-0.4, -0.2) is 11.2 Å². The normalized spacial score (nSPS) is 13.0. The van der Waals surface area contributed by atoms with E-state index in [9.17, 15) is 4.79 Å². The average molecular weight is 288 g/mol. The van der Waals surface area contributed by atoms with Gasteiger partial charge in [0.15, 0.2) is 5.78 Å². The van der Waals surface area contributed by atoms with E-state index in [0.29, 0.717) is 9.90 Å². The van der Waals surface area contributed by atoms with Crippen LogP contribution in [-0.2, 0) is 0 Å². The van der Waals surface area contributed by atoms with E-state index in [1.165, 1.54) is 11.3 Å². The first kappa shape index (κ1) is 10.5. The van der Waals surface area contributed by atoms with Crippen LogP contribution in [0.5, 0.6) is 0 Å². The summed E-state index contributed by atoms with van der Waals surface area (Å²) in [4.78, 5) is 11.9. The highest BCUT2D eigenvalue weighted by Crippen LogP contribution is 2.32. The predicted molar refractivity (Wildman–Crippen MR) is 56.7 cm³/mol. The summed E-state index contributed by atoms with van der Waals surface area (Å²) >= 11 is 15.9. The van der Waals surface area contributed by atoms with Crippen LogP contribution in [0.2, 0.25) is 5.02 Å². The fourth-order valence-corrected chi connectivity index (χ4v) is 2.58. The minimum atomic E-state index is -0.494. The molecule has 0 saturated carbocycles. The maximum atomic E-state index is 11.3. The van der Waals surface area contributed by atoms with E-state index in [4.69, 9.17) is 23.2 Å². The molecule has 1 unspecified atom stereocenters. The number of hydrogen-bond acceptors (Lipinski definition) is 2. The molecule has 1 heterocycles. The molecule has 1 aromatic rings. The van der Waals surface area contributed by atoms with Gasteiger partial charge in [-0.2, -0.15) is 0 Å². The van der Waals surface area contributed by atoms with Gasteiger partial charge in [-0.25, -0.2) is 0 Å². The van der Waals surface area contributed by atoms with Crippen molar-refractivity contribution in [3.8, 4) is 0 Å². The Kier molecular flexibility index (Phi) is 3.58. The van der Waals surface area contributed by atoms with Crippen LogP contribution in [0.4, 0.5) is 0 Å². The molecule has 1 atom stereocenters. The molecule has 1 nitrogen and oxygen atoms in total. The maximum Gasteiger partial charge on any atom is 0.190 e. The zero-order valence-corrected chi connectivity index (χ0v) is 10.0. The van der Waals surface area contributed by atoms with Gasteiger partial charge in [0, 0.05) is 0 Å². The third-order valence-corrected chi connectivity index (χ3v) is 3.94. The number of hydrogen-bond donors (Lipinski definition) is 0. The summed E-state index contributed by atoms with van der Waals surface area (Å²) in [5.41, 5.74) is 0. The highest BCUT2D eigenvalue weighted by atomic mass is 79.9. The lowest BCUT2D eigenvalue weighted by molar-refractivity contribution is 0.0995. The van der Waals surface area contributed by atoms with Gasteiger partial charge in [0.2, 0.25) is 0 Å². The van der Waals surface area contributed by atoms with Gasteiger partial charge >= 0.3 is 0 Å². The largest absolute Gasteiger partial charge is 0.292 e. The zero-order chi connectivity index (χ0) is 9.30. The minimum Gasteiger partial charge on any atom is -0.292 e. The van der Waals surface area contributed by atoms with E-state index < -0.39 is 5.38 Å². The molecule has 0 amide bonds. The summed E-state index contributed by atoms with van der Waals surface area (Å²) < 4.78 is 0.768. The Hall–Kier alpha value is 0.430. The molecule has 1 aromatic heterocycles. The average Bonchev–Trinajstić information content (AvgIpc) is 2.30. The van der Waals surface area contributed by atoms with Gasteiger partial charge in [-0.3, -0.25) is 4.79 Å². The second kappa shape index (κ2) is 4.09. The summed E-state index contributed by atoms with van der Waals surface area (Å²) in [5, 5.41) is 0.0623. The predicted octanol–water partition coefficient (Wildman–Crippen LogP) is 3.97. The van der Waals surface area contributed by atoms with Crippen molar-refractivity contribution in [1.82, 2.24) is 0 Å². The second-order valence-electron chi connectivity index (χ2n) is 2.21. The third kappa shape index (κ3) is 2.22. The molecule has 0 aliphatic heterocycles. The smallest absolute Gasteiger partial charge is 0.190 e. The Morgan fingerprint density at radius 1 is 1.75 bits per heavy atom. The highest BCUT2D eigenvalue weighted by Gasteiger charge is 2.16. The van der Waals surface area contributed by atoms with Crippen molar-refractivity contribution in [2.75, 3.05) is 0 Å². The number of alkyl halides is 1. The molecule has 0 aliphatic carbocycles. The Bertz CT molecular complexity index is 289. The van der Waals surface area contributed by atoms with Crippen LogP contribution in [0.15, 0.2) is 9.85 Å². The zero-order valence-electron chi connectivity index (χ0n) is 6.11. The number of carbonyl (C=O) groups is 1. The Labute approximate surface area is 92.8 Å². The van der Waals surface area contributed by atoms with Gasteiger partial charge in [0.1, 0.15) is 0 Å². The van der Waals surface area contributed by atoms with Gasteiger partial charge in [-0.15, -0.1) is 22.9 Å². The number of thiophene rings is 1. The van der Waals surface area contributed by atoms with Gasteiger partial charge in [0.05, 0.1) is 19.1 Å². The molecule has 12 heavy (non-hydrogen) atoms. The molecule has 0 fully saturated rings. The van der Waals surface area contributed by atoms with E-state index in [0.717, 1.165) is 3.79 Å². The lowest BCUT2D eigenvalue weighted by Gasteiger charge is -1.96. The van der Waals surface area contributed by atoms with Crippen molar-refractivity contribution in [3.05, 3.63) is 19.8 Å². The minimum absolute atomic E-state index is 0.0886. The highest BCUT2D eigenvalue weighted by molar-refractivity contribution is 9.11. The van der Waals surface area contributed by atoms with Crippen molar-refractivity contribution in [2.45, 2.75) is 12.3 Å². The first-order chi connectivity index (χ1) is 5.52. The lowest BCUT2D eigenvalue weighted by Crippen LogP contribution is -2.07. The molecule has 5 heteroatoms. The third-order valence-electron chi connectivity index (χ3n) is 1.25. The van der Waals surface area contributed by atoms with E-state index in [-0.39, 0.29) is 5.78 Å². The van der Waals surface area contributed by atoms with E-state index in [2.05, 4.69) is 15.9 Å². The van der Waals surface area contributed by atoms with Gasteiger partial charge in [-0.05, 0) is 28.9 Å². The van der Waals surface area contributed by atoms with Crippen LogP contribution in [0.3, 0.4) is 0 Å². The Balaban J connectivity index is 2.97. The molecule has 0 N–H and O–H groups in total. The van der Waals surface area contributed by atoms with Crippen molar-refractivity contribution < 1.29 is 4.79 Å². The summed E-state index contributed by atoms with van der Waals surface area (Å²) in [6.45, 7) is 1.64. The molecule has 0 saturated heterocycles. The maximum absolute atomic E-state index is 11.3. The number of rotatable bonds is 2. The monoisotopic (exact) mass is 286 g/mol. The van der Waals surface area contributed by atoms with Crippen LogP contribution < -0.4 is 0 Å². The van der Waals surface area contributed by atoms with Crippen molar-refractivity contribution >= 4 is 56.3 Å². The topological polar surface area (TPSA) is 17.1 Å². The van der Waals surface area contributed by atoms with Crippen LogP contribution in [0, 0.1) is 0 Å². The van der Waals surface area contributed by atoms with Crippen LogP contribution >= 0.6 is 50.5 Å². The van der Waals surface area contributed by atoms with E-state index >= 15 is 0 Å². The lowest BCUT2D eigenvalue weighted by atomic mass is 10.2. The quantitative estimate of drug-likeness (QED) is 0.594. The molecular formula is C7H5BrCl2OS. The molecule has 1 rings (SSSR count). The van der Waals surface area contributed by atoms with Crippen LogP contribution in [0.1, 0.15) is 16.6 Å². The SMILES string of the molecule is CC(Cl)C(=O)c1cc(Cl)c(Br)s1. The Morgan fingerprint density at radius 2 is 2.33 bits per heavy atom. The Morgan fingerprint density at radius 3 is 2.67 bits per heavy atom.